The van der Waals surface area contributed by atoms with Crippen LogP contribution < -0.4 is 5.32 Å². The normalized spacial score (nSPS) is 9.86. The molecule has 0 amide bonds. The molecule has 0 bridgehead atoms. The second-order valence-corrected chi connectivity index (χ2v) is 7.53. The molecule has 1 N–H and O–H groups in total. The van der Waals surface area contributed by atoms with Crippen molar-refractivity contribution in [1.82, 2.24) is 0 Å². The first kappa shape index (κ1) is 25.0. The summed E-state index contributed by atoms with van der Waals surface area (Å²) in [6.07, 6.45) is 1.27. The summed E-state index contributed by atoms with van der Waals surface area (Å²) < 4.78 is 0. The van der Waals surface area contributed by atoms with Gasteiger partial charge in [0.15, 0.2) is 0 Å². The summed E-state index contributed by atoms with van der Waals surface area (Å²) in [5.74, 6) is 0. The van der Waals surface area contributed by atoms with Crippen LogP contribution in [0.5, 0.6) is 0 Å². The third-order valence-corrected chi connectivity index (χ3v) is 2.12. The fraction of sp³-hybridized carbons (Fsp3) is 0.700. The predicted octanol–water partition coefficient (Wildman–Crippen LogP) is 7.25. The van der Waals surface area contributed by atoms with Gasteiger partial charge in [0.2, 0.25) is 0 Å². The molecular formula is C20H41N. The highest BCUT2D eigenvalue weighted by atomic mass is 14.8. The van der Waals surface area contributed by atoms with E-state index in [-0.39, 0.29) is 0 Å². The first-order valence-corrected chi connectivity index (χ1v) is 8.22. The maximum absolute atomic E-state index is 3.03. The lowest BCUT2D eigenvalue weighted by atomic mass is 9.94. The molecule has 0 aliphatic heterocycles. The van der Waals surface area contributed by atoms with Crippen LogP contribution in [0.4, 0.5) is 5.69 Å². The van der Waals surface area contributed by atoms with Crippen molar-refractivity contribution in [1.29, 1.82) is 0 Å². The first-order chi connectivity index (χ1) is 9.49. The van der Waals surface area contributed by atoms with Crippen LogP contribution in [0.25, 0.3) is 0 Å². The summed E-state index contributed by atoms with van der Waals surface area (Å²) in [6.45, 7) is 21.7. The van der Waals surface area contributed by atoms with E-state index >= 15 is 0 Å². The lowest BCUT2D eigenvalue weighted by Gasteiger charge is -2.12. The average molecular weight is 296 g/mol. The highest BCUT2D eigenvalue weighted by Crippen LogP contribution is 2.16. The molecule has 1 aromatic carbocycles. The average Bonchev–Trinajstić information content (AvgIpc) is 2.40. The van der Waals surface area contributed by atoms with Crippen molar-refractivity contribution in [2.45, 2.75) is 75.7 Å². The van der Waals surface area contributed by atoms with Crippen molar-refractivity contribution in [3.8, 4) is 0 Å². The van der Waals surface area contributed by atoms with Crippen LogP contribution in [-0.2, 0) is 0 Å². The van der Waals surface area contributed by atoms with Gasteiger partial charge in [-0.1, -0.05) is 93.9 Å². The highest BCUT2D eigenvalue weighted by molar-refractivity contribution is 5.41. The number of hydrogen-bond donors (Lipinski definition) is 1. The Morgan fingerprint density at radius 3 is 1.24 bits per heavy atom. The molecule has 21 heavy (non-hydrogen) atoms. The summed E-state index contributed by atoms with van der Waals surface area (Å²) in [5.41, 5.74) is 2.20. The van der Waals surface area contributed by atoms with E-state index < -0.39 is 0 Å². The smallest absolute Gasteiger partial charge is 0.0337 e. The number of rotatable bonds is 1. The third kappa shape index (κ3) is 38.1. The van der Waals surface area contributed by atoms with Crippen molar-refractivity contribution in [2.24, 2.45) is 10.8 Å². The standard InChI is InChI=1S/C7H9N.C6H14.C5H12.C2H6/c1-8-7-5-3-2-4-6-7;1-5-6(2,3)4;1-5(2,3)4;1-2/h2-6,8H,1H3;5H2,1-4H3;1-4H3;1-2H3. The van der Waals surface area contributed by atoms with Crippen LogP contribution in [0.3, 0.4) is 0 Å². The van der Waals surface area contributed by atoms with Gasteiger partial charge in [-0.25, -0.2) is 0 Å². The molecule has 0 atom stereocenters. The van der Waals surface area contributed by atoms with E-state index in [1.54, 1.807) is 0 Å². The largest absolute Gasteiger partial charge is 0.388 e. The van der Waals surface area contributed by atoms with Gasteiger partial charge in [-0.2, -0.15) is 0 Å². The number of benzene rings is 1. The molecular weight excluding hydrogens is 254 g/mol. The molecule has 0 aliphatic rings. The van der Waals surface area contributed by atoms with Crippen molar-refractivity contribution < 1.29 is 0 Å². The lowest BCUT2D eigenvalue weighted by Crippen LogP contribution is -2.00. The first-order valence-electron chi connectivity index (χ1n) is 8.22. The fourth-order valence-corrected chi connectivity index (χ4v) is 0.605. The maximum Gasteiger partial charge on any atom is 0.0337 e. The van der Waals surface area contributed by atoms with Crippen LogP contribution in [0, 0.1) is 10.8 Å². The molecule has 126 valence electrons. The highest BCUT2D eigenvalue weighted by Gasteiger charge is 2.03. The van der Waals surface area contributed by atoms with Gasteiger partial charge < -0.3 is 5.32 Å². The molecule has 0 aliphatic carbocycles. The third-order valence-electron chi connectivity index (χ3n) is 2.12. The van der Waals surface area contributed by atoms with Crippen molar-refractivity contribution in [2.75, 3.05) is 12.4 Å². The summed E-state index contributed by atoms with van der Waals surface area (Å²) in [6, 6.07) is 10.1. The molecule has 0 aromatic heterocycles. The van der Waals surface area contributed by atoms with E-state index in [2.05, 4.69) is 60.7 Å². The van der Waals surface area contributed by atoms with E-state index in [4.69, 9.17) is 0 Å². The molecule has 0 fully saturated rings. The van der Waals surface area contributed by atoms with Crippen molar-refractivity contribution in [3.63, 3.8) is 0 Å². The van der Waals surface area contributed by atoms with Crippen LogP contribution in [0.15, 0.2) is 30.3 Å². The van der Waals surface area contributed by atoms with Gasteiger partial charge in [-0.15, -0.1) is 0 Å². The van der Waals surface area contributed by atoms with Crippen LogP contribution in [0.2, 0.25) is 0 Å². The fourth-order valence-electron chi connectivity index (χ4n) is 0.605. The zero-order valence-electron chi connectivity index (χ0n) is 16.6. The van der Waals surface area contributed by atoms with Crippen molar-refractivity contribution >= 4 is 5.69 Å². The predicted molar refractivity (Wildman–Crippen MR) is 102 cm³/mol. The Bertz CT molecular complexity index is 282. The van der Waals surface area contributed by atoms with E-state index in [1.165, 1.54) is 6.42 Å². The second kappa shape index (κ2) is 14.0. The molecule has 1 aromatic rings. The summed E-state index contributed by atoms with van der Waals surface area (Å²) in [7, 11) is 1.91. The summed E-state index contributed by atoms with van der Waals surface area (Å²) >= 11 is 0. The van der Waals surface area contributed by atoms with E-state index in [1.807, 2.05) is 51.2 Å². The van der Waals surface area contributed by atoms with E-state index in [9.17, 15) is 0 Å². The molecule has 1 nitrogen and oxygen atoms in total. The monoisotopic (exact) mass is 295 g/mol. The number of nitrogens with one attached hydrogen (secondary N) is 1. The SMILES string of the molecule is CC.CC(C)(C)C.CCC(C)(C)C.CNc1ccccc1. The van der Waals surface area contributed by atoms with Gasteiger partial charge in [0.1, 0.15) is 0 Å². The Kier molecular flexibility index (Phi) is 16.6. The Hall–Kier alpha value is -0.980. The molecule has 0 saturated heterocycles. The Morgan fingerprint density at radius 2 is 1.10 bits per heavy atom. The van der Waals surface area contributed by atoms with Crippen LogP contribution in [-0.4, -0.2) is 7.05 Å². The quantitative estimate of drug-likeness (QED) is 0.575. The van der Waals surface area contributed by atoms with Crippen molar-refractivity contribution in [3.05, 3.63) is 30.3 Å². The zero-order valence-corrected chi connectivity index (χ0v) is 16.6. The molecule has 1 rings (SSSR count). The molecule has 0 radical (unpaired) electrons. The minimum atomic E-state index is 0.500. The maximum atomic E-state index is 3.03. The van der Waals surface area contributed by atoms with Crippen LogP contribution in [0.1, 0.15) is 75.7 Å². The van der Waals surface area contributed by atoms with E-state index in [0.29, 0.717) is 10.8 Å². The molecule has 0 unspecified atom stereocenters. The van der Waals surface area contributed by atoms with Gasteiger partial charge in [0, 0.05) is 12.7 Å². The number of anilines is 1. The molecule has 0 heterocycles. The molecule has 0 spiro atoms. The van der Waals surface area contributed by atoms with Gasteiger partial charge in [-0.05, 0) is 23.0 Å². The van der Waals surface area contributed by atoms with Crippen LogP contribution >= 0.6 is 0 Å². The number of para-hydroxylation sites is 1. The minimum absolute atomic E-state index is 0.500. The van der Waals surface area contributed by atoms with E-state index in [0.717, 1.165) is 5.69 Å². The Labute approximate surface area is 135 Å². The number of hydrogen-bond acceptors (Lipinski definition) is 1. The zero-order chi connectivity index (χ0) is 17.5. The second-order valence-electron chi connectivity index (χ2n) is 7.53. The van der Waals surface area contributed by atoms with Gasteiger partial charge in [-0.3, -0.25) is 0 Å². The Morgan fingerprint density at radius 1 is 0.810 bits per heavy atom. The Balaban J connectivity index is -0.000000225. The molecule has 1 heteroatoms. The van der Waals surface area contributed by atoms with Gasteiger partial charge >= 0.3 is 0 Å². The molecule has 0 saturated carbocycles. The van der Waals surface area contributed by atoms with Gasteiger partial charge in [0.25, 0.3) is 0 Å². The topological polar surface area (TPSA) is 12.0 Å². The summed E-state index contributed by atoms with van der Waals surface area (Å²) in [4.78, 5) is 0. The lowest BCUT2D eigenvalue weighted by molar-refractivity contribution is 0.398. The summed E-state index contributed by atoms with van der Waals surface area (Å²) in [5, 5.41) is 3.03. The minimum Gasteiger partial charge on any atom is -0.388 e. The van der Waals surface area contributed by atoms with Gasteiger partial charge in [0.05, 0.1) is 0 Å².